The van der Waals surface area contributed by atoms with Gasteiger partial charge in [0.25, 0.3) is 0 Å². The molecule has 2 amide bonds. The Balaban J connectivity index is 1.76. The van der Waals surface area contributed by atoms with E-state index in [1.54, 1.807) is 11.8 Å². The monoisotopic (exact) mass is 298 g/mol. The molecule has 0 aromatic heterocycles. The van der Waals surface area contributed by atoms with Crippen LogP contribution in [-0.2, 0) is 4.79 Å². The lowest BCUT2D eigenvalue weighted by atomic mass is 9.66. The number of urea groups is 1. The van der Waals surface area contributed by atoms with Gasteiger partial charge >= 0.3 is 12.0 Å². The largest absolute Gasteiger partial charge is 0.481 e. The van der Waals surface area contributed by atoms with Gasteiger partial charge in [0.05, 0.1) is 12.5 Å². The zero-order valence-corrected chi connectivity index (χ0v) is 12.7. The maximum atomic E-state index is 12.2. The number of hydrogen-bond donors (Lipinski definition) is 3. The van der Waals surface area contributed by atoms with Gasteiger partial charge < -0.3 is 20.4 Å². The maximum Gasteiger partial charge on any atom is 0.317 e. The Morgan fingerprint density at radius 3 is 2.38 bits per heavy atom. The quantitative estimate of drug-likeness (QED) is 0.716. The van der Waals surface area contributed by atoms with Gasteiger partial charge in [-0.15, -0.1) is 0 Å². The molecular formula is C15H26N2O4. The molecule has 1 saturated heterocycles. The number of likely N-dealkylation sites (tertiary alicyclic amines) is 1. The highest BCUT2D eigenvalue weighted by molar-refractivity contribution is 5.74. The molecule has 0 radical (unpaired) electrons. The number of piperidine rings is 1. The molecule has 21 heavy (non-hydrogen) atoms. The summed E-state index contributed by atoms with van der Waals surface area (Å²) in [6, 6.07) is -0.101. The maximum absolute atomic E-state index is 12.2. The van der Waals surface area contributed by atoms with E-state index in [9.17, 15) is 14.7 Å². The summed E-state index contributed by atoms with van der Waals surface area (Å²) < 4.78 is 0. The minimum absolute atomic E-state index is 0.101. The summed E-state index contributed by atoms with van der Waals surface area (Å²) in [5.74, 6) is -0.513. The van der Waals surface area contributed by atoms with Crippen molar-refractivity contribution in [2.45, 2.75) is 51.6 Å². The summed E-state index contributed by atoms with van der Waals surface area (Å²) in [6.07, 6.45) is 4.27. The van der Waals surface area contributed by atoms with Crippen molar-refractivity contribution in [3.63, 3.8) is 0 Å². The van der Waals surface area contributed by atoms with E-state index in [1.165, 1.54) is 0 Å². The van der Waals surface area contributed by atoms with Crippen molar-refractivity contribution in [3.05, 3.63) is 0 Å². The van der Waals surface area contributed by atoms with Crippen molar-refractivity contribution in [3.8, 4) is 0 Å². The summed E-state index contributed by atoms with van der Waals surface area (Å²) in [5, 5.41) is 21.4. The zero-order valence-electron chi connectivity index (χ0n) is 12.7. The minimum atomic E-state index is -0.790. The number of carbonyl (C=O) groups is 2. The van der Waals surface area contributed by atoms with E-state index < -0.39 is 5.97 Å². The molecule has 0 aromatic carbocycles. The van der Waals surface area contributed by atoms with Crippen LogP contribution in [0.1, 0.15) is 45.4 Å². The van der Waals surface area contributed by atoms with E-state index >= 15 is 0 Å². The third-order valence-corrected chi connectivity index (χ3v) is 5.06. The van der Waals surface area contributed by atoms with Crippen LogP contribution in [0.3, 0.4) is 0 Å². The molecule has 1 aliphatic heterocycles. The predicted octanol–water partition coefficient (Wildman–Crippen LogP) is 1.43. The zero-order chi connectivity index (χ0) is 15.5. The second-order valence-corrected chi connectivity index (χ2v) is 6.65. The van der Waals surface area contributed by atoms with E-state index in [0.29, 0.717) is 19.6 Å². The molecule has 1 unspecified atom stereocenters. The highest BCUT2D eigenvalue weighted by Crippen LogP contribution is 2.43. The summed E-state index contributed by atoms with van der Waals surface area (Å²) >= 11 is 0. The predicted molar refractivity (Wildman–Crippen MR) is 77.9 cm³/mol. The SMILES string of the molecule is CC(O)C1CCN(C(=O)NCC2(CC(=O)O)CCC2)CC1. The van der Waals surface area contributed by atoms with Crippen LogP contribution in [0.15, 0.2) is 0 Å². The van der Waals surface area contributed by atoms with Gasteiger partial charge in [-0.1, -0.05) is 6.42 Å². The van der Waals surface area contributed by atoms with E-state index in [4.69, 9.17) is 5.11 Å². The lowest BCUT2D eigenvalue weighted by Gasteiger charge is -2.41. The number of nitrogens with zero attached hydrogens (tertiary/aromatic N) is 1. The highest BCUT2D eigenvalue weighted by Gasteiger charge is 2.39. The average Bonchev–Trinajstić information content (AvgIpc) is 2.41. The van der Waals surface area contributed by atoms with Crippen LogP contribution < -0.4 is 5.32 Å². The Kier molecular flexibility index (Phi) is 5.08. The Hall–Kier alpha value is -1.30. The number of carboxylic acids is 1. The van der Waals surface area contributed by atoms with Gasteiger partial charge in [0.1, 0.15) is 0 Å². The number of amides is 2. The van der Waals surface area contributed by atoms with Crippen LogP contribution in [0.25, 0.3) is 0 Å². The Morgan fingerprint density at radius 2 is 1.95 bits per heavy atom. The van der Waals surface area contributed by atoms with E-state index in [0.717, 1.165) is 32.1 Å². The molecule has 0 bridgehead atoms. The molecule has 3 N–H and O–H groups in total. The Bertz CT molecular complexity index is 385. The van der Waals surface area contributed by atoms with Crippen molar-refractivity contribution in [2.24, 2.45) is 11.3 Å². The molecule has 1 aliphatic carbocycles. The first-order chi connectivity index (χ1) is 9.92. The number of hydrogen-bond acceptors (Lipinski definition) is 3. The third-order valence-electron chi connectivity index (χ3n) is 5.06. The average molecular weight is 298 g/mol. The van der Waals surface area contributed by atoms with Crippen molar-refractivity contribution in [1.82, 2.24) is 10.2 Å². The molecular weight excluding hydrogens is 272 g/mol. The van der Waals surface area contributed by atoms with Crippen LogP contribution in [0.2, 0.25) is 0 Å². The molecule has 0 aromatic rings. The van der Waals surface area contributed by atoms with Gasteiger partial charge in [0.2, 0.25) is 0 Å². The van der Waals surface area contributed by atoms with Gasteiger partial charge in [0.15, 0.2) is 0 Å². The van der Waals surface area contributed by atoms with E-state index in [-0.39, 0.29) is 29.9 Å². The van der Waals surface area contributed by atoms with Crippen LogP contribution in [0, 0.1) is 11.3 Å². The molecule has 120 valence electrons. The van der Waals surface area contributed by atoms with Crippen LogP contribution in [-0.4, -0.2) is 52.9 Å². The standard InChI is InChI=1S/C15H26N2O4/c1-11(18)12-3-7-17(8-4-12)14(21)16-10-15(5-2-6-15)9-13(19)20/h11-12,18H,2-10H2,1H3,(H,16,21)(H,19,20). The molecule has 2 rings (SSSR count). The number of aliphatic hydroxyl groups is 1. The lowest BCUT2D eigenvalue weighted by Crippen LogP contribution is -2.50. The first kappa shape index (κ1) is 16.1. The summed E-state index contributed by atoms with van der Waals surface area (Å²) in [6.45, 7) is 3.57. The first-order valence-corrected chi connectivity index (χ1v) is 7.84. The Labute approximate surface area is 125 Å². The summed E-state index contributed by atoms with van der Waals surface area (Å²) in [4.78, 5) is 24.8. The van der Waals surface area contributed by atoms with E-state index in [2.05, 4.69) is 5.32 Å². The van der Waals surface area contributed by atoms with Crippen molar-refractivity contribution >= 4 is 12.0 Å². The van der Waals surface area contributed by atoms with Gasteiger partial charge in [-0.05, 0) is 43.9 Å². The smallest absolute Gasteiger partial charge is 0.317 e. The van der Waals surface area contributed by atoms with Crippen LogP contribution in [0.5, 0.6) is 0 Å². The first-order valence-electron chi connectivity index (χ1n) is 7.84. The second kappa shape index (κ2) is 6.64. The highest BCUT2D eigenvalue weighted by atomic mass is 16.4. The molecule has 2 aliphatic rings. The van der Waals surface area contributed by atoms with Gasteiger partial charge in [-0.2, -0.15) is 0 Å². The number of carboxylic acid groups (broad SMARTS) is 1. The molecule has 1 atom stereocenters. The molecule has 6 nitrogen and oxygen atoms in total. The Morgan fingerprint density at radius 1 is 1.33 bits per heavy atom. The van der Waals surface area contributed by atoms with Crippen molar-refractivity contribution in [2.75, 3.05) is 19.6 Å². The van der Waals surface area contributed by atoms with Gasteiger partial charge in [0, 0.05) is 19.6 Å². The number of aliphatic hydroxyl groups excluding tert-OH is 1. The van der Waals surface area contributed by atoms with Crippen molar-refractivity contribution < 1.29 is 19.8 Å². The molecule has 0 spiro atoms. The van der Waals surface area contributed by atoms with Gasteiger partial charge in [-0.3, -0.25) is 4.79 Å². The van der Waals surface area contributed by atoms with Crippen LogP contribution >= 0.6 is 0 Å². The normalized spacial score (nSPS) is 23.2. The molecule has 1 saturated carbocycles. The number of aliphatic carboxylic acids is 1. The topological polar surface area (TPSA) is 89.9 Å². The fraction of sp³-hybridized carbons (Fsp3) is 0.867. The fourth-order valence-corrected chi connectivity index (χ4v) is 3.37. The second-order valence-electron chi connectivity index (χ2n) is 6.65. The molecule has 2 fully saturated rings. The van der Waals surface area contributed by atoms with Gasteiger partial charge in [-0.25, -0.2) is 4.79 Å². The minimum Gasteiger partial charge on any atom is -0.481 e. The number of rotatable bonds is 5. The van der Waals surface area contributed by atoms with Crippen molar-refractivity contribution in [1.29, 1.82) is 0 Å². The van der Waals surface area contributed by atoms with E-state index in [1.807, 2.05) is 0 Å². The fourth-order valence-electron chi connectivity index (χ4n) is 3.37. The third kappa shape index (κ3) is 4.09. The van der Waals surface area contributed by atoms with Crippen LogP contribution in [0.4, 0.5) is 4.79 Å². The lowest BCUT2D eigenvalue weighted by molar-refractivity contribution is -0.141. The summed E-state index contributed by atoms with van der Waals surface area (Å²) in [5.41, 5.74) is -0.237. The summed E-state index contributed by atoms with van der Waals surface area (Å²) in [7, 11) is 0. The number of carbonyl (C=O) groups excluding carboxylic acids is 1. The number of nitrogens with one attached hydrogen (secondary N) is 1. The molecule has 6 heteroatoms. The molecule has 1 heterocycles.